The molecule has 1 aromatic rings. The first-order valence-corrected chi connectivity index (χ1v) is 8.23. The molecule has 0 amide bonds. The normalized spacial score (nSPS) is 20.7. The van der Waals surface area contributed by atoms with Gasteiger partial charge in [-0.25, -0.2) is 0 Å². The van der Waals surface area contributed by atoms with Crippen LogP contribution < -0.4 is 5.32 Å². The molecule has 0 spiro atoms. The number of ether oxygens (including phenoxy) is 1. The predicted octanol–water partition coefficient (Wildman–Crippen LogP) is 3.15. The number of benzene rings is 1. The molecule has 0 radical (unpaired) electrons. The van der Waals surface area contributed by atoms with Crippen molar-refractivity contribution in [3.05, 3.63) is 35.4 Å². The summed E-state index contributed by atoms with van der Waals surface area (Å²) < 4.78 is 5.83. The van der Waals surface area contributed by atoms with Gasteiger partial charge in [0.2, 0.25) is 0 Å². The average Bonchev–Trinajstić information content (AvgIpc) is 2.50. The number of aryl methyl sites for hydroxylation is 1. The number of hydrogen-bond donors (Lipinski definition) is 1. The van der Waals surface area contributed by atoms with Gasteiger partial charge in [0, 0.05) is 19.2 Å². The molecule has 1 aliphatic heterocycles. The molecule has 1 saturated heterocycles. The third-order valence-corrected chi connectivity index (χ3v) is 4.50. The molecule has 0 bridgehead atoms. The van der Waals surface area contributed by atoms with Crippen LogP contribution in [0.5, 0.6) is 0 Å². The molecule has 2 unspecified atom stereocenters. The van der Waals surface area contributed by atoms with Gasteiger partial charge in [-0.1, -0.05) is 24.3 Å². The summed E-state index contributed by atoms with van der Waals surface area (Å²) in [5.74, 6) is 0. The third kappa shape index (κ3) is 5.10. The van der Waals surface area contributed by atoms with Crippen LogP contribution in [0.25, 0.3) is 0 Å². The Bertz CT molecular complexity index is 415. The van der Waals surface area contributed by atoms with E-state index in [0.717, 1.165) is 26.1 Å². The van der Waals surface area contributed by atoms with Gasteiger partial charge in [0.05, 0.1) is 6.10 Å². The summed E-state index contributed by atoms with van der Waals surface area (Å²) in [6.07, 6.45) is 5.34. The zero-order valence-electron chi connectivity index (χ0n) is 13.8. The third-order valence-electron chi connectivity index (χ3n) is 4.50. The Kier molecular flexibility index (Phi) is 6.68. The highest BCUT2D eigenvalue weighted by molar-refractivity contribution is 5.28. The number of nitrogens with zero attached hydrogens (tertiary/aromatic N) is 1. The molecule has 0 aliphatic carbocycles. The maximum Gasteiger partial charge on any atom is 0.0701 e. The van der Waals surface area contributed by atoms with E-state index in [1.165, 1.54) is 30.4 Å². The van der Waals surface area contributed by atoms with E-state index in [9.17, 15) is 0 Å². The molecule has 0 aromatic heterocycles. The van der Waals surface area contributed by atoms with Crippen molar-refractivity contribution in [1.29, 1.82) is 0 Å². The van der Waals surface area contributed by atoms with Gasteiger partial charge in [-0.15, -0.1) is 0 Å². The smallest absolute Gasteiger partial charge is 0.0701 e. The van der Waals surface area contributed by atoms with E-state index in [1.807, 2.05) is 0 Å². The van der Waals surface area contributed by atoms with Crippen LogP contribution in [0, 0.1) is 6.92 Å². The van der Waals surface area contributed by atoms with Crippen molar-refractivity contribution in [2.24, 2.45) is 0 Å². The van der Waals surface area contributed by atoms with Crippen LogP contribution >= 0.6 is 0 Å². The summed E-state index contributed by atoms with van der Waals surface area (Å²) in [5.41, 5.74) is 2.79. The molecule has 1 aromatic carbocycles. The van der Waals surface area contributed by atoms with Crippen molar-refractivity contribution < 1.29 is 4.74 Å². The Morgan fingerprint density at radius 2 is 2.14 bits per heavy atom. The SMILES string of the molecule is CNC(CCN(C)CC1CCCCO1)c1ccccc1C. The van der Waals surface area contributed by atoms with E-state index in [0.29, 0.717) is 12.1 Å². The average molecular weight is 290 g/mol. The van der Waals surface area contributed by atoms with E-state index >= 15 is 0 Å². The lowest BCUT2D eigenvalue weighted by Crippen LogP contribution is -2.35. The maximum atomic E-state index is 5.83. The Morgan fingerprint density at radius 3 is 2.81 bits per heavy atom. The zero-order chi connectivity index (χ0) is 15.1. The van der Waals surface area contributed by atoms with Crippen LogP contribution in [0.4, 0.5) is 0 Å². The largest absolute Gasteiger partial charge is 0.377 e. The van der Waals surface area contributed by atoms with Crippen molar-refractivity contribution in [3.8, 4) is 0 Å². The summed E-state index contributed by atoms with van der Waals surface area (Å²) in [7, 11) is 4.27. The molecule has 0 saturated carbocycles. The van der Waals surface area contributed by atoms with E-state index in [1.54, 1.807) is 0 Å². The monoisotopic (exact) mass is 290 g/mol. The maximum absolute atomic E-state index is 5.83. The Labute approximate surface area is 129 Å². The van der Waals surface area contributed by atoms with Gasteiger partial charge in [0.25, 0.3) is 0 Å². The molecule has 2 rings (SSSR count). The molecule has 3 nitrogen and oxygen atoms in total. The van der Waals surface area contributed by atoms with E-state index in [-0.39, 0.29) is 0 Å². The lowest BCUT2D eigenvalue weighted by atomic mass is 9.98. The van der Waals surface area contributed by atoms with Gasteiger partial charge in [-0.05, 0) is 64.4 Å². The molecule has 1 N–H and O–H groups in total. The number of nitrogens with one attached hydrogen (secondary N) is 1. The molecule has 2 atom stereocenters. The van der Waals surface area contributed by atoms with Gasteiger partial charge in [0.15, 0.2) is 0 Å². The second-order valence-corrected chi connectivity index (χ2v) is 6.24. The minimum absolute atomic E-state index is 0.431. The molecular weight excluding hydrogens is 260 g/mol. The van der Waals surface area contributed by atoms with Crippen molar-refractivity contribution in [1.82, 2.24) is 10.2 Å². The Hall–Kier alpha value is -0.900. The fourth-order valence-electron chi connectivity index (χ4n) is 3.17. The highest BCUT2D eigenvalue weighted by Crippen LogP contribution is 2.21. The first-order chi connectivity index (χ1) is 10.2. The Balaban J connectivity index is 1.81. The highest BCUT2D eigenvalue weighted by atomic mass is 16.5. The van der Waals surface area contributed by atoms with Crippen molar-refractivity contribution in [3.63, 3.8) is 0 Å². The fourth-order valence-corrected chi connectivity index (χ4v) is 3.17. The van der Waals surface area contributed by atoms with Crippen molar-refractivity contribution >= 4 is 0 Å². The summed E-state index contributed by atoms with van der Waals surface area (Å²) in [4.78, 5) is 2.42. The van der Waals surface area contributed by atoms with Gasteiger partial charge in [0.1, 0.15) is 0 Å². The van der Waals surface area contributed by atoms with Crippen LogP contribution in [0.1, 0.15) is 42.9 Å². The van der Waals surface area contributed by atoms with Crippen LogP contribution in [-0.4, -0.2) is 44.8 Å². The van der Waals surface area contributed by atoms with Crippen LogP contribution in [0.2, 0.25) is 0 Å². The summed E-state index contributed by atoms with van der Waals surface area (Å²) in [6.45, 7) is 5.30. The standard InChI is InChI=1S/C18H30N2O/c1-15-8-4-5-10-17(15)18(19-2)11-12-20(3)14-16-9-6-7-13-21-16/h4-5,8,10,16,18-19H,6-7,9,11-14H2,1-3H3. The van der Waals surface area contributed by atoms with Gasteiger partial charge < -0.3 is 15.0 Å². The fraction of sp³-hybridized carbons (Fsp3) is 0.667. The summed E-state index contributed by atoms with van der Waals surface area (Å²) >= 11 is 0. The summed E-state index contributed by atoms with van der Waals surface area (Å²) in [5, 5.41) is 3.46. The first-order valence-electron chi connectivity index (χ1n) is 8.23. The molecule has 1 fully saturated rings. The molecule has 3 heteroatoms. The minimum Gasteiger partial charge on any atom is -0.377 e. The van der Waals surface area contributed by atoms with Crippen LogP contribution in [0.15, 0.2) is 24.3 Å². The second kappa shape index (κ2) is 8.52. The molecule has 118 valence electrons. The lowest BCUT2D eigenvalue weighted by molar-refractivity contribution is -0.00184. The topological polar surface area (TPSA) is 24.5 Å². The quantitative estimate of drug-likeness (QED) is 0.835. The number of likely N-dealkylation sites (N-methyl/N-ethyl adjacent to an activating group) is 1. The van der Waals surface area contributed by atoms with Crippen LogP contribution in [-0.2, 0) is 4.74 Å². The lowest BCUT2D eigenvalue weighted by Gasteiger charge is -2.28. The highest BCUT2D eigenvalue weighted by Gasteiger charge is 2.17. The second-order valence-electron chi connectivity index (χ2n) is 6.24. The molecule has 21 heavy (non-hydrogen) atoms. The van der Waals surface area contributed by atoms with E-state index < -0.39 is 0 Å². The van der Waals surface area contributed by atoms with E-state index in [2.05, 4.69) is 55.5 Å². The van der Waals surface area contributed by atoms with Gasteiger partial charge in [-0.3, -0.25) is 0 Å². The van der Waals surface area contributed by atoms with Crippen molar-refractivity contribution in [2.75, 3.05) is 33.8 Å². The number of hydrogen-bond acceptors (Lipinski definition) is 3. The minimum atomic E-state index is 0.431. The summed E-state index contributed by atoms with van der Waals surface area (Å²) in [6, 6.07) is 9.10. The molecule has 1 aliphatic rings. The van der Waals surface area contributed by atoms with Crippen molar-refractivity contribution in [2.45, 2.75) is 44.8 Å². The zero-order valence-corrected chi connectivity index (χ0v) is 13.8. The van der Waals surface area contributed by atoms with E-state index in [4.69, 9.17) is 4.74 Å². The Morgan fingerprint density at radius 1 is 1.33 bits per heavy atom. The van der Waals surface area contributed by atoms with Crippen LogP contribution in [0.3, 0.4) is 0 Å². The van der Waals surface area contributed by atoms with Gasteiger partial charge in [-0.2, -0.15) is 0 Å². The van der Waals surface area contributed by atoms with Gasteiger partial charge >= 0.3 is 0 Å². The molecule has 1 heterocycles. The molecular formula is C18H30N2O. The predicted molar refractivity (Wildman–Crippen MR) is 88.7 cm³/mol. The number of rotatable bonds is 7. The first kappa shape index (κ1) is 16.5.